The minimum absolute atomic E-state index is 0.161. The molecule has 0 aliphatic carbocycles. The predicted molar refractivity (Wildman–Crippen MR) is 73.0 cm³/mol. The number of hydrogen-bond donors (Lipinski definition) is 2. The van der Waals surface area contributed by atoms with E-state index in [1.54, 1.807) is 0 Å². The fourth-order valence-electron chi connectivity index (χ4n) is 1.45. The van der Waals surface area contributed by atoms with Gasteiger partial charge in [-0.25, -0.2) is 17.2 Å². The van der Waals surface area contributed by atoms with Gasteiger partial charge in [0.1, 0.15) is 0 Å². The van der Waals surface area contributed by atoms with Gasteiger partial charge in [-0.05, 0) is 36.4 Å². The summed E-state index contributed by atoms with van der Waals surface area (Å²) in [6.07, 6.45) is 0. The van der Waals surface area contributed by atoms with E-state index in [4.69, 9.17) is 17.3 Å². The van der Waals surface area contributed by atoms with Crippen molar-refractivity contribution < 1.29 is 17.2 Å². The Balaban J connectivity index is 2.35. The van der Waals surface area contributed by atoms with Gasteiger partial charge in [0.15, 0.2) is 11.6 Å². The molecule has 106 valence electrons. The van der Waals surface area contributed by atoms with Crippen molar-refractivity contribution >= 4 is 33.0 Å². The van der Waals surface area contributed by atoms with E-state index in [2.05, 4.69) is 4.72 Å². The smallest absolute Gasteiger partial charge is 0.261 e. The molecule has 0 aliphatic heterocycles. The molecule has 0 spiro atoms. The fourth-order valence-corrected chi connectivity index (χ4v) is 2.69. The van der Waals surface area contributed by atoms with Crippen LogP contribution in [0, 0.1) is 11.6 Å². The highest BCUT2D eigenvalue weighted by Gasteiger charge is 2.17. The second-order valence-electron chi connectivity index (χ2n) is 3.92. The van der Waals surface area contributed by atoms with Crippen molar-refractivity contribution in [3.8, 4) is 0 Å². The highest BCUT2D eigenvalue weighted by Crippen LogP contribution is 2.25. The standard InChI is InChI=1S/C12H9ClF2N2O2S/c13-9-5-7(1-4-12(9)16)17-20(18,19)8-2-3-10(14)11(15)6-8/h1-6,17H,16H2. The van der Waals surface area contributed by atoms with Gasteiger partial charge in [-0.2, -0.15) is 0 Å². The Labute approximate surface area is 119 Å². The lowest BCUT2D eigenvalue weighted by Crippen LogP contribution is -2.13. The number of halogens is 3. The SMILES string of the molecule is Nc1ccc(NS(=O)(=O)c2ccc(F)c(F)c2)cc1Cl. The summed E-state index contributed by atoms with van der Waals surface area (Å²) in [5.41, 5.74) is 5.95. The molecule has 0 saturated carbocycles. The molecule has 20 heavy (non-hydrogen) atoms. The van der Waals surface area contributed by atoms with Gasteiger partial charge in [-0.3, -0.25) is 4.72 Å². The first-order valence-electron chi connectivity index (χ1n) is 5.32. The number of nitrogens with one attached hydrogen (secondary N) is 1. The molecular weight excluding hydrogens is 310 g/mol. The predicted octanol–water partition coefficient (Wildman–Crippen LogP) is 3.00. The van der Waals surface area contributed by atoms with Gasteiger partial charge >= 0.3 is 0 Å². The van der Waals surface area contributed by atoms with Crippen molar-refractivity contribution in [2.75, 3.05) is 10.5 Å². The largest absolute Gasteiger partial charge is 0.398 e. The molecule has 3 N–H and O–H groups in total. The average Bonchev–Trinajstić information content (AvgIpc) is 2.37. The second-order valence-corrected chi connectivity index (χ2v) is 6.01. The minimum atomic E-state index is -4.04. The van der Waals surface area contributed by atoms with E-state index in [1.165, 1.54) is 18.2 Å². The number of hydrogen-bond acceptors (Lipinski definition) is 3. The van der Waals surface area contributed by atoms with E-state index in [0.717, 1.165) is 12.1 Å². The van der Waals surface area contributed by atoms with Gasteiger partial charge in [-0.15, -0.1) is 0 Å². The summed E-state index contributed by atoms with van der Waals surface area (Å²) in [6.45, 7) is 0. The topological polar surface area (TPSA) is 72.2 Å². The summed E-state index contributed by atoms with van der Waals surface area (Å²) in [6, 6.07) is 6.43. The lowest BCUT2D eigenvalue weighted by atomic mass is 10.3. The molecular formula is C12H9ClF2N2O2S. The van der Waals surface area contributed by atoms with E-state index in [-0.39, 0.29) is 10.7 Å². The molecule has 0 atom stereocenters. The lowest BCUT2D eigenvalue weighted by Gasteiger charge is -2.09. The summed E-state index contributed by atoms with van der Waals surface area (Å²) in [5, 5.41) is 0.176. The summed E-state index contributed by atoms with van der Waals surface area (Å²) < 4.78 is 52.0. The maximum absolute atomic E-state index is 13.1. The Kier molecular flexibility index (Phi) is 3.82. The first kappa shape index (κ1) is 14.5. The van der Waals surface area contributed by atoms with Crippen LogP contribution in [0.5, 0.6) is 0 Å². The van der Waals surface area contributed by atoms with Gasteiger partial charge < -0.3 is 5.73 Å². The summed E-state index contributed by atoms with van der Waals surface area (Å²) in [5.74, 6) is -2.37. The van der Waals surface area contributed by atoms with Crippen molar-refractivity contribution in [1.82, 2.24) is 0 Å². The van der Waals surface area contributed by atoms with Crippen LogP contribution in [0.15, 0.2) is 41.3 Å². The zero-order valence-corrected chi connectivity index (χ0v) is 11.5. The molecule has 8 heteroatoms. The first-order chi connectivity index (χ1) is 9.29. The number of nitrogens with two attached hydrogens (primary N) is 1. The van der Waals surface area contributed by atoms with E-state index < -0.39 is 26.6 Å². The average molecular weight is 319 g/mol. The number of benzene rings is 2. The minimum Gasteiger partial charge on any atom is -0.398 e. The van der Waals surface area contributed by atoms with Gasteiger partial charge in [0.05, 0.1) is 21.3 Å². The van der Waals surface area contributed by atoms with E-state index in [0.29, 0.717) is 11.8 Å². The fraction of sp³-hybridized carbons (Fsp3) is 0. The third-order valence-corrected chi connectivity index (χ3v) is 4.16. The van der Waals surface area contributed by atoms with Crippen LogP contribution in [0.25, 0.3) is 0 Å². The van der Waals surface area contributed by atoms with Gasteiger partial charge in [-0.1, -0.05) is 11.6 Å². The normalized spacial score (nSPS) is 11.3. The number of rotatable bonds is 3. The molecule has 0 fully saturated rings. The Morgan fingerprint density at radius 1 is 1.05 bits per heavy atom. The molecule has 0 unspecified atom stereocenters. The van der Waals surface area contributed by atoms with Gasteiger partial charge in [0.25, 0.3) is 10.0 Å². The first-order valence-corrected chi connectivity index (χ1v) is 7.18. The zero-order chi connectivity index (χ0) is 14.9. The van der Waals surface area contributed by atoms with Crippen molar-refractivity contribution in [2.24, 2.45) is 0 Å². The highest BCUT2D eigenvalue weighted by atomic mass is 35.5. The molecule has 4 nitrogen and oxygen atoms in total. The van der Waals surface area contributed by atoms with Crippen LogP contribution in [0.1, 0.15) is 0 Å². The summed E-state index contributed by atoms with van der Waals surface area (Å²) in [7, 11) is -4.04. The summed E-state index contributed by atoms with van der Waals surface area (Å²) >= 11 is 5.77. The third-order valence-electron chi connectivity index (χ3n) is 2.45. The molecule has 2 aromatic carbocycles. The number of sulfonamides is 1. The number of nitrogen functional groups attached to an aromatic ring is 1. The molecule has 0 amide bonds. The number of anilines is 2. The van der Waals surface area contributed by atoms with Crippen molar-refractivity contribution in [3.05, 3.63) is 53.1 Å². The molecule has 0 heterocycles. The van der Waals surface area contributed by atoms with Crippen LogP contribution in [0.2, 0.25) is 5.02 Å². The molecule has 0 bridgehead atoms. The molecule has 0 aromatic heterocycles. The van der Waals surface area contributed by atoms with Crippen LogP contribution in [0.4, 0.5) is 20.2 Å². The molecule has 2 aromatic rings. The maximum atomic E-state index is 13.1. The summed E-state index contributed by atoms with van der Waals surface area (Å²) in [4.78, 5) is -0.399. The van der Waals surface area contributed by atoms with Crippen LogP contribution in [-0.2, 0) is 10.0 Å². The van der Waals surface area contributed by atoms with E-state index >= 15 is 0 Å². The quantitative estimate of drug-likeness (QED) is 0.854. The Morgan fingerprint density at radius 2 is 1.75 bits per heavy atom. The Hall–Kier alpha value is -1.86. The Morgan fingerprint density at radius 3 is 2.35 bits per heavy atom. The molecule has 0 aliphatic rings. The Bertz CT molecular complexity index is 766. The van der Waals surface area contributed by atoms with Crippen molar-refractivity contribution in [2.45, 2.75) is 4.90 Å². The van der Waals surface area contributed by atoms with Crippen molar-refractivity contribution in [3.63, 3.8) is 0 Å². The van der Waals surface area contributed by atoms with Crippen LogP contribution >= 0.6 is 11.6 Å². The second kappa shape index (κ2) is 5.26. The highest BCUT2D eigenvalue weighted by molar-refractivity contribution is 7.92. The van der Waals surface area contributed by atoms with Gasteiger partial charge in [0.2, 0.25) is 0 Å². The van der Waals surface area contributed by atoms with Crippen molar-refractivity contribution in [1.29, 1.82) is 0 Å². The van der Waals surface area contributed by atoms with Crippen LogP contribution in [-0.4, -0.2) is 8.42 Å². The zero-order valence-electron chi connectivity index (χ0n) is 9.90. The van der Waals surface area contributed by atoms with Crippen LogP contribution < -0.4 is 10.5 Å². The third kappa shape index (κ3) is 3.00. The van der Waals surface area contributed by atoms with Gasteiger partial charge in [0, 0.05) is 0 Å². The molecule has 2 rings (SSSR count). The van der Waals surface area contributed by atoms with E-state index in [9.17, 15) is 17.2 Å². The maximum Gasteiger partial charge on any atom is 0.261 e. The lowest BCUT2D eigenvalue weighted by molar-refractivity contribution is 0.504. The molecule has 0 radical (unpaired) electrons. The van der Waals surface area contributed by atoms with Crippen LogP contribution in [0.3, 0.4) is 0 Å². The molecule has 0 saturated heterocycles. The monoisotopic (exact) mass is 318 g/mol. The van der Waals surface area contributed by atoms with E-state index in [1.807, 2.05) is 0 Å².